The van der Waals surface area contributed by atoms with Crippen molar-refractivity contribution >= 4 is 12.2 Å². The maximum Gasteiger partial charge on any atom is 0.251 e. The molecule has 3 aromatic rings. The number of aromatic amines is 1. The fourth-order valence-corrected chi connectivity index (χ4v) is 3.17. The largest absolute Gasteiger partial charge is 0.299 e. The Bertz CT molecular complexity index is 969. The van der Waals surface area contributed by atoms with Gasteiger partial charge in [-0.15, -0.1) is 0 Å². The zero-order chi connectivity index (χ0) is 14.4. The molecule has 4 heteroatoms. The molecule has 2 aromatic carbocycles. The van der Waals surface area contributed by atoms with Crippen LogP contribution in [0.4, 0.5) is 0 Å². The summed E-state index contributed by atoms with van der Waals surface area (Å²) in [6.45, 7) is 0. The van der Waals surface area contributed by atoms with Crippen LogP contribution in [0.5, 0.6) is 0 Å². The highest BCUT2D eigenvalue weighted by Gasteiger charge is 2.18. The van der Waals surface area contributed by atoms with E-state index in [1.807, 2.05) is 10.6 Å². The van der Waals surface area contributed by atoms with Crippen LogP contribution < -0.4 is 5.56 Å². The predicted octanol–water partition coefficient (Wildman–Crippen LogP) is 3.47. The van der Waals surface area contributed by atoms with Crippen molar-refractivity contribution in [3.63, 3.8) is 0 Å². The van der Waals surface area contributed by atoms with Crippen molar-refractivity contribution in [2.45, 2.75) is 6.42 Å². The van der Waals surface area contributed by atoms with Crippen LogP contribution in [-0.4, -0.2) is 9.55 Å². The van der Waals surface area contributed by atoms with E-state index < -0.39 is 0 Å². The second-order valence-electron chi connectivity index (χ2n) is 5.16. The lowest BCUT2D eigenvalue weighted by molar-refractivity contribution is 0.935. The maximum atomic E-state index is 11.3. The van der Waals surface area contributed by atoms with Gasteiger partial charge in [0.25, 0.3) is 5.56 Å². The first kappa shape index (κ1) is 12.3. The summed E-state index contributed by atoms with van der Waals surface area (Å²) in [4.78, 5) is 13.9. The van der Waals surface area contributed by atoms with Crippen molar-refractivity contribution in [3.8, 4) is 16.8 Å². The first-order valence-electron chi connectivity index (χ1n) is 6.76. The number of H-pyrrole nitrogens is 1. The third-order valence-electron chi connectivity index (χ3n) is 3.88. The molecule has 0 bridgehead atoms. The van der Waals surface area contributed by atoms with Gasteiger partial charge in [0.1, 0.15) is 0 Å². The van der Waals surface area contributed by atoms with Gasteiger partial charge in [0, 0.05) is 18.0 Å². The van der Waals surface area contributed by atoms with Crippen LogP contribution >= 0.6 is 12.2 Å². The molecule has 0 atom stereocenters. The number of nitrogens with one attached hydrogen (secondary N) is 1. The van der Waals surface area contributed by atoms with Crippen LogP contribution in [0.2, 0.25) is 0 Å². The maximum absolute atomic E-state index is 11.3. The summed E-state index contributed by atoms with van der Waals surface area (Å²) in [7, 11) is 0. The molecule has 0 fully saturated rings. The lowest BCUT2D eigenvalue weighted by Crippen LogP contribution is -2.09. The lowest BCUT2D eigenvalue weighted by atomic mass is 10.1. The fourth-order valence-electron chi connectivity index (χ4n) is 2.90. The Morgan fingerprint density at radius 1 is 1.00 bits per heavy atom. The second kappa shape index (κ2) is 4.53. The highest BCUT2D eigenvalue weighted by atomic mass is 32.1. The molecule has 0 saturated carbocycles. The van der Waals surface area contributed by atoms with E-state index >= 15 is 0 Å². The van der Waals surface area contributed by atoms with E-state index in [9.17, 15) is 4.79 Å². The number of nitrogens with zero attached hydrogens (tertiary/aromatic N) is 1. The molecule has 0 unspecified atom stereocenters. The van der Waals surface area contributed by atoms with Gasteiger partial charge >= 0.3 is 0 Å². The third-order valence-corrected chi connectivity index (χ3v) is 4.18. The van der Waals surface area contributed by atoms with Crippen LogP contribution in [0.3, 0.4) is 0 Å². The van der Waals surface area contributed by atoms with Gasteiger partial charge in [-0.1, -0.05) is 30.3 Å². The van der Waals surface area contributed by atoms with Gasteiger partial charge in [-0.3, -0.25) is 14.3 Å². The molecular formula is C17H12N2OS. The Labute approximate surface area is 126 Å². The smallest absolute Gasteiger partial charge is 0.251 e. The third kappa shape index (κ3) is 1.96. The summed E-state index contributed by atoms with van der Waals surface area (Å²) in [6, 6.07) is 16.3. The van der Waals surface area contributed by atoms with E-state index in [-0.39, 0.29) is 5.56 Å². The molecule has 3 nitrogen and oxygen atoms in total. The Morgan fingerprint density at radius 3 is 2.67 bits per heavy atom. The molecule has 0 spiro atoms. The first-order chi connectivity index (χ1) is 10.2. The Kier molecular flexibility index (Phi) is 2.65. The Morgan fingerprint density at radius 2 is 1.81 bits per heavy atom. The number of benzene rings is 2. The summed E-state index contributed by atoms with van der Waals surface area (Å²) >= 11 is 5.23. The predicted molar refractivity (Wildman–Crippen MR) is 85.5 cm³/mol. The highest BCUT2D eigenvalue weighted by molar-refractivity contribution is 7.71. The first-order valence-corrected chi connectivity index (χ1v) is 7.17. The van der Waals surface area contributed by atoms with Gasteiger partial charge in [0.15, 0.2) is 4.77 Å². The molecule has 1 aliphatic carbocycles. The number of aromatic nitrogens is 2. The second-order valence-corrected chi connectivity index (χ2v) is 5.54. The molecule has 102 valence electrons. The lowest BCUT2D eigenvalue weighted by Gasteiger charge is -2.08. The van der Waals surface area contributed by atoms with Crippen molar-refractivity contribution in [2.75, 3.05) is 0 Å². The number of hydrogen-bond acceptors (Lipinski definition) is 2. The van der Waals surface area contributed by atoms with Crippen LogP contribution in [0.1, 0.15) is 11.1 Å². The molecule has 1 heterocycles. The molecule has 1 aromatic heterocycles. The fraction of sp³-hybridized carbons (Fsp3) is 0.0588. The summed E-state index contributed by atoms with van der Waals surface area (Å²) in [6.07, 6.45) is 2.65. The van der Waals surface area contributed by atoms with E-state index in [0.717, 1.165) is 12.1 Å². The monoisotopic (exact) mass is 292 g/mol. The normalized spacial score (nSPS) is 12.0. The zero-order valence-corrected chi connectivity index (χ0v) is 12.0. The van der Waals surface area contributed by atoms with Crippen LogP contribution in [0.25, 0.3) is 16.8 Å². The standard InChI is InChI=1S/C17H12N2OS/c20-16-7-8-19(17(21)18-16)13-5-6-15-12(10-13)9-11-3-1-2-4-14(11)15/h1-8,10H,9H2,(H,18,20,21). The van der Waals surface area contributed by atoms with Gasteiger partial charge in [0.05, 0.1) is 0 Å². The molecule has 1 aliphatic rings. The SMILES string of the molecule is O=c1ccn(-c2ccc3c(c2)Cc2ccccc2-3)c(=S)[nH]1. The molecule has 4 rings (SSSR count). The van der Waals surface area contributed by atoms with Crippen molar-refractivity contribution in [3.05, 3.63) is 81.0 Å². The molecule has 0 aliphatic heterocycles. The van der Waals surface area contributed by atoms with Crippen molar-refractivity contribution < 1.29 is 0 Å². The van der Waals surface area contributed by atoms with E-state index in [1.165, 1.54) is 28.3 Å². The van der Waals surface area contributed by atoms with E-state index in [0.29, 0.717) is 4.77 Å². The van der Waals surface area contributed by atoms with E-state index in [4.69, 9.17) is 12.2 Å². The summed E-state index contributed by atoms with van der Waals surface area (Å²) in [5, 5.41) is 0. The van der Waals surface area contributed by atoms with Gasteiger partial charge in [0.2, 0.25) is 0 Å². The number of fused-ring (bicyclic) bond motifs is 3. The Balaban J connectivity index is 1.87. The Hall–Kier alpha value is -2.46. The molecule has 1 N–H and O–H groups in total. The molecule has 0 amide bonds. The number of hydrogen-bond donors (Lipinski definition) is 1. The average molecular weight is 292 g/mol. The molecular weight excluding hydrogens is 280 g/mol. The van der Waals surface area contributed by atoms with E-state index in [2.05, 4.69) is 41.4 Å². The van der Waals surface area contributed by atoms with E-state index in [1.54, 1.807) is 6.20 Å². The van der Waals surface area contributed by atoms with Crippen LogP contribution in [0, 0.1) is 4.77 Å². The van der Waals surface area contributed by atoms with Crippen molar-refractivity contribution in [1.82, 2.24) is 9.55 Å². The minimum Gasteiger partial charge on any atom is -0.299 e. The van der Waals surface area contributed by atoms with Crippen LogP contribution in [0.15, 0.2) is 59.5 Å². The molecule has 0 radical (unpaired) electrons. The quantitative estimate of drug-likeness (QED) is 0.546. The van der Waals surface area contributed by atoms with Crippen molar-refractivity contribution in [1.29, 1.82) is 0 Å². The minimum absolute atomic E-state index is 0.176. The zero-order valence-electron chi connectivity index (χ0n) is 11.2. The molecule has 0 saturated heterocycles. The minimum atomic E-state index is -0.176. The van der Waals surface area contributed by atoms with Gasteiger partial charge < -0.3 is 0 Å². The highest BCUT2D eigenvalue weighted by Crippen LogP contribution is 2.37. The summed E-state index contributed by atoms with van der Waals surface area (Å²) in [5.41, 5.74) is 6.04. The number of rotatable bonds is 1. The van der Waals surface area contributed by atoms with Gasteiger partial charge in [-0.05, 0) is 53.0 Å². The molecule has 21 heavy (non-hydrogen) atoms. The van der Waals surface area contributed by atoms with Gasteiger partial charge in [-0.25, -0.2) is 0 Å². The van der Waals surface area contributed by atoms with Crippen LogP contribution in [-0.2, 0) is 6.42 Å². The summed E-state index contributed by atoms with van der Waals surface area (Å²) < 4.78 is 2.23. The summed E-state index contributed by atoms with van der Waals surface area (Å²) in [5.74, 6) is 0. The average Bonchev–Trinajstić information content (AvgIpc) is 2.84. The van der Waals surface area contributed by atoms with Crippen molar-refractivity contribution in [2.24, 2.45) is 0 Å². The van der Waals surface area contributed by atoms with Gasteiger partial charge in [-0.2, -0.15) is 0 Å². The topological polar surface area (TPSA) is 37.8 Å².